The molecule has 6 rings (SSSR count). The Morgan fingerprint density at radius 2 is 1.95 bits per heavy atom. The molecule has 7 nitrogen and oxygen atoms in total. The molecule has 0 radical (unpaired) electrons. The first-order valence-corrected chi connectivity index (χ1v) is 17.1. The van der Waals surface area contributed by atoms with Gasteiger partial charge < -0.3 is 14.7 Å². The van der Waals surface area contributed by atoms with Gasteiger partial charge in [0.25, 0.3) is 5.91 Å². The number of hydrogen-bond donors (Lipinski definition) is 2. The summed E-state index contributed by atoms with van der Waals surface area (Å²) in [6, 6.07) is 11.6. The van der Waals surface area contributed by atoms with Gasteiger partial charge in [0.2, 0.25) is 0 Å². The third-order valence-corrected chi connectivity index (χ3v) is 12.6. The van der Waals surface area contributed by atoms with Crippen LogP contribution in [0.1, 0.15) is 80.3 Å². The molecule has 1 spiro atoms. The maximum atomic E-state index is 13.4. The van der Waals surface area contributed by atoms with Crippen molar-refractivity contribution in [3.63, 3.8) is 0 Å². The van der Waals surface area contributed by atoms with Gasteiger partial charge in [-0.25, -0.2) is 9.35 Å². The number of carbonyl (C=O) groups excluding carboxylic acids is 1. The number of aliphatic hydroxyl groups excluding tert-OH is 1. The number of aryl methyl sites for hydroxylation is 1. The number of nitrogens with two attached hydrogens (primary N) is 1. The maximum Gasteiger partial charge on any atom is 0.286 e. The van der Waals surface area contributed by atoms with E-state index in [0.29, 0.717) is 24.5 Å². The van der Waals surface area contributed by atoms with Gasteiger partial charge in [0, 0.05) is 29.1 Å². The molecule has 4 aliphatic rings. The molecule has 3 N–H and O–H groups in total. The van der Waals surface area contributed by atoms with Crippen LogP contribution in [0, 0.1) is 17.8 Å². The number of rotatable bonds is 0. The Kier molecular flexibility index (Phi) is 7.90. The number of ether oxygens (including phenoxy) is 1. The second kappa shape index (κ2) is 11.2. The lowest BCUT2D eigenvalue weighted by Crippen LogP contribution is -2.49. The number of fused-ring (bicyclic) bond motifs is 4. The van der Waals surface area contributed by atoms with E-state index in [1.165, 1.54) is 11.1 Å². The zero-order valence-electron chi connectivity index (χ0n) is 24.1. The standard InChI is InChI=1S/C32H42ClN3O4S/c1-20-5-3-7-29(37)26-11-8-24(26)17-36-18-32(14-4-6-22-15-25(33)10-12-27(22)32)19-40-30-13-9-23(16-28(30)36)31(38)35-41(34,39)21(20)2/h9-10,12-13,15-16,20-21,24,26,29,37H,3-8,11,14,17-19H2,1-2H3,(H2,34,35,38,39)/t20-,21+,24-,26+,29-,32-,41?/m0/s1. The monoisotopic (exact) mass is 599 g/mol. The fraction of sp³-hybridized carbons (Fsp3) is 0.594. The van der Waals surface area contributed by atoms with E-state index in [-0.39, 0.29) is 23.4 Å². The van der Waals surface area contributed by atoms with Crippen LogP contribution < -0.4 is 14.8 Å². The Hall–Kier alpha value is -2.13. The highest BCUT2D eigenvalue weighted by Gasteiger charge is 2.44. The number of nitrogens with zero attached hydrogens (tertiary/aromatic N) is 2. The Balaban J connectivity index is 1.44. The summed E-state index contributed by atoms with van der Waals surface area (Å²) in [5.41, 5.74) is 3.55. The van der Waals surface area contributed by atoms with Crippen LogP contribution >= 0.6 is 11.6 Å². The fourth-order valence-corrected chi connectivity index (χ4v) is 9.08. The van der Waals surface area contributed by atoms with E-state index in [1.54, 1.807) is 6.07 Å². The fourth-order valence-electron chi connectivity index (χ4n) is 7.55. The largest absolute Gasteiger partial charge is 0.490 e. The molecule has 7 atom stereocenters. The molecule has 2 aliphatic carbocycles. The van der Waals surface area contributed by atoms with Crippen molar-refractivity contribution in [3.05, 3.63) is 58.1 Å². The van der Waals surface area contributed by atoms with Gasteiger partial charge >= 0.3 is 0 Å². The zero-order valence-corrected chi connectivity index (χ0v) is 25.6. The van der Waals surface area contributed by atoms with Crippen molar-refractivity contribution in [1.29, 1.82) is 0 Å². The van der Waals surface area contributed by atoms with Crippen molar-refractivity contribution in [1.82, 2.24) is 0 Å². The zero-order chi connectivity index (χ0) is 28.9. The van der Waals surface area contributed by atoms with Crippen molar-refractivity contribution >= 4 is 33.1 Å². The number of hydrogen-bond acceptors (Lipinski definition) is 5. The van der Waals surface area contributed by atoms with E-state index < -0.39 is 21.1 Å². The molecule has 0 aromatic heterocycles. The molecule has 1 saturated carbocycles. The van der Waals surface area contributed by atoms with Crippen LogP contribution in [0.5, 0.6) is 5.75 Å². The lowest BCUT2D eigenvalue weighted by Gasteiger charge is -2.45. The quantitative estimate of drug-likeness (QED) is 0.393. The van der Waals surface area contributed by atoms with Crippen LogP contribution in [0.15, 0.2) is 40.8 Å². The first-order valence-electron chi connectivity index (χ1n) is 15.1. The summed E-state index contributed by atoms with van der Waals surface area (Å²) < 4.78 is 24.1. The maximum absolute atomic E-state index is 13.4. The molecular formula is C32H42ClN3O4S. The van der Waals surface area contributed by atoms with Gasteiger partial charge in [0.1, 0.15) is 15.7 Å². The molecule has 1 unspecified atom stereocenters. The minimum atomic E-state index is -3.25. The predicted octanol–water partition coefficient (Wildman–Crippen LogP) is 5.89. The summed E-state index contributed by atoms with van der Waals surface area (Å²) in [7, 11) is -3.25. The highest BCUT2D eigenvalue weighted by atomic mass is 35.5. The van der Waals surface area contributed by atoms with Crippen LogP contribution in [0.3, 0.4) is 0 Å². The van der Waals surface area contributed by atoms with Crippen molar-refractivity contribution < 1.29 is 18.8 Å². The minimum absolute atomic E-state index is 0.0155. The molecule has 2 aliphatic heterocycles. The smallest absolute Gasteiger partial charge is 0.286 e. The molecule has 41 heavy (non-hydrogen) atoms. The van der Waals surface area contributed by atoms with Crippen LogP contribution in [0.4, 0.5) is 5.69 Å². The Morgan fingerprint density at radius 3 is 2.73 bits per heavy atom. The summed E-state index contributed by atoms with van der Waals surface area (Å²) in [5, 5.41) is 17.7. The molecule has 2 bridgehead atoms. The number of aliphatic hydroxyl groups is 1. The SMILES string of the molecule is C[C@@H]1[C@@H](C)CCC[C@H](O)[C@@H]2CC[C@H]2CN2C[C@@]3(CCCc4cc(Cl)ccc43)COc3ccc(cc32)C(=O)N=S1(N)=O. The van der Waals surface area contributed by atoms with Crippen LogP contribution in [0.2, 0.25) is 5.02 Å². The molecule has 222 valence electrons. The van der Waals surface area contributed by atoms with Crippen molar-refractivity contribution in [2.45, 2.75) is 82.0 Å². The second-order valence-electron chi connectivity index (χ2n) is 13.0. The van der Waals surface area contributed by atoms with Gasteiger partial charge in [-0.3, -0.25) is 4.79 Å². The van der Waals surface area contributed by atoms with Gasteiger partial charge in [0.15, 0.2) is 0 Å². The third-order valence-electron chi connectivity index (χ3n) is 10.4. The third kappa shape index (κ3) is 5.53. The van der Waals surface area contributed by atoms with Crippen LogP contribution in [-0.2, 0) is 21.8 Å². The second-order valence-corrected chi connectivity index (χ2v) is 15.6. The number of anilines is 1. The lowest BCUT2D eigenvalue weighted by atomic mass is 9.68. The average molecular weight is 600 g/mol. The lowest BCUT2D eigenvalue weighted by molar-refractivity contribution is 0.00857. The molecule has 1 amide bonds. The molecule has 2 aromatic carbocycles. The van der Waals surface area contributed by atoms with Crippen molar-refractivity contribution in [3.8, 4) is 5.75 Å². The number of carbonyl (C=O) groups is 1. The molecule has 1 fully saturated rings. The van der Waals surface area contributed by atoms with Gasteiger partial charge in [-0.1, -0.05) is 31.0 Å². The van der Waals surface area contributed by atoms with Gasteiger partial charge in [-0.2, -0.15) is 0 Å². The molecule has 9 heteroatoms. The number of benzene rings is 2. The van der Waals surface area contributed by atoms with Crippen molar-refractivity contribution in [2.75, 3.05) is 24.6 Å². The van der Waals surface area contributed by atoms with E-state index in [2.05, 4.69) is 21.4 Å². The highest BCUT2D eigenvalue weighted by molar-refractivity contribution is 7.92. The normalized spacial score (nSPS) is 35.8. The Labute approximate surface area is 249 Å². The van der Waals surface area contributed by atoms with E-state index in [0.717, 1.165) is 74.5 Å². The molecular weight excluding hydrogens is 558 g/mol. The predicted molar refractivity (Wildman–Crippen MR) is 164 cm³/mol. The Bertz CT molecular complexity index is 1460. The number of halogens is 1. The average Bonchev–Trinajstić information content (AvgIpc) is 3.06. The molecule has 0 saturated heterocycles. The first kappa shape index (κ1) is 29.0. The van der Waals surface area contributed by atoms with E-state index in [1.807, 2.05) is 32.0 Å². The Morgan fingerprint density at radius 1 is 1.12 bits per heavy atom. The van der Waals surface area contributed by atoms with Gasteiger partial charge in [0.05, 0.1) is 23.6 Å². The number of amides is 1. The van der Waals surface area contributed by atoms with E-state index in [9.17, 15) is 14.1 Å². The summed E-state index contributed by atoms with van der Waals surface area (Å²) in [4.78, 5) is 15.8. The first-order chi connectivity index (χ1) is 19.6. The summed E-state index contributed by atoms with van der Waals surface area (Å²) in [6.45, 7) is 5.87. The van der Waals surface area contributed by atoms with Crippen molar-refractivity contribution in [2.24, 2.45) is 27.3 Å². The highest BCUT2D eigenvalue weighted by Crippen LogP contribution is 2.47. The topological polar surface area (TPSA) is 105 Å². The molecule has 2 heterocycles. The summed E-state index contributed by atoms with van der Waals surface area (Å²) in [5.74, 6) is 0.793. The van der Waals surface area contributed by atoms with E-state index >= 15 is 0 Å². The minimum Gasteiger partial charge on any atom is -0.490 e. The van der Waals surface area contributed by atoms with Crippen LogP contribution in [0.25, 0.3) is 0 Å². The summed E-state index contributed by atoms with van der Waals surface area (Å²) >= 11 is 6.39. The van der Waals surface area contributed by atoms with E-state index in [4.69, 9.17) is 21.5 Å². The summed E-state index contributed by atoms with van der Waals surface area (Å²) in [6.07, 6.45) is 7.09. The molecule has 2 aromatic rings. The van der Waals surface area contributed by atoms with Gasteiger partial charge in [-0.15, -0.1) is 4.36 Å². The van der Waals surface area contributed by atoms with Crippen LogP contribution in [-0.4, -0.2) is 46.3 Å². The van der Waals surface area contributed by atoms with Gasteiger partial charge in [-0.05, 0) is 111 Å².